The number of rotatable bonds is 5. The van der Waals surface area contributed by atoms with Crippen LogP contribution in [-0.2, 0) is 11.3 Å². The molecule has 2 N–H and O–H groups in total. The molecule has 0 fully saturated rings. The highest BCUT2D eigenvalue weighted by Gasteiger charge is 2.13. The molecule has 0 atom stereocenters. The van der Waals surface area contributed by atoms with E-state index in [4.69, 9.17) is 21.1 Å². The van der Waals surface area contributed by atoms with E-state index in [-0.39, 0.29) is 12.5 Å². The van der Waals surface area contributed by atoms with Gasteiger partial charge in [0, 0.05) is 25.1 Å². The van der Waals surface area contributed by atoms with Crippen LogP contribution in [0.3, 0.4) is 0 Å². The fraction of sp³-hybridized carbons (Fsp3) is 0.200. The largest absolute Gasteiger partial charge is 0.480 e. The molecule has 0 aromatic carbocycles. The summed E-state index contributed by atoms with van der Waals surface area (Å²) >= 11 is 6.00. The lowest BCUT2D eigenvalue weighted by atomic mass is 10.2. The number of ether oxygens (including phenoxy) is 2. The van der Waals surface area contributed by atoms with Crippen molar-refractivity contribution in [1.82, 2.24) is 19.6 Å². The Bertz CT molecular complexity index is 913. The number of pyridine rings is 1. The minimum atomic E-state index is -0.474. The maximum atomic E-state index is 12.3. The van der Waals surface area contributed by atoms with Crippen molar-refractivity contribution in [2.24, 2.45) is 0 Å². The van der Waals surface area contributed by atoms with Crippen LogP contribution in [0.5, 0.6) is 5.88 Å². The molecular weight excluding hydrogens is 348 g/mol. The van der Waals surface area contributed by atoms with Gasteiger partial charge >= 0.3 is 6.03 Å². The SMILES string of the molecule is COCc1c(NC(=O)Nc2cnc(OC)c(Cl)c2)cnn2ccnc12. The van der Waals surface area contributed by atoms with E-state index in [0.717, 1.165) is 0 Å². The van der Waals surface area contributed by atoms with Crippen molar-refractivity contribution in [3.63, 3.8) is 0 Å². The molecular formula is C15H15ClN6O3. The molecule has 0 spiro atoms. The Morgan fingerprint density at radius 1 is 1.28 bits per heavy atom. The number of amides is 2. The van der Waals surface area contributed by atoms with E-state index in [0.29, 0.717) is 27.6 Å². The number of hydrogen-bond acceptors (Lipinski definition) is 6. The monoisotopic (exact) mass is 362 g/mol. The second kappa shape index (κ2) is 7.32. The van der Waals surface area contributed by atoms with E-state index in [1.807, 2.05) is 0 Å². The van der Waals surface area contributed by atoms with Gasteiger partial charge in [0.2, 0.25) is 5.88 Å². The highest BCUT2D eigenvalue weighted by molar-refractivity contribution is 6.32. The van der Waals surface area contributed by atoms with Crippen LogP contribution < -0.4 is 15.4 Å². The van der Waals surface area contributed by atoms with Crippen LogP contribution >= 0.6 is 11.6 Å². The molecule has 3 heterocycles. The van der Waals surface area contributed by atoms with Crippen molar-refractivity contribution in [3.05, 3.63) is 41.4 Å². The van der Waals surface area contributed by atoms with E-state index in [1.165, 1.54) is 19.5 Å². The van der Waals surface area contributed by atoms with Crippen molar-refractivity contribution in [2.75, 3.05) is 24.9 Å². The molecule has 0 saturated carbocycles. The van der Waals surface area contributed by atoms with Crippen LogP contribution in [-0.4, -0.2) is 39.8 Å². The first-order valence-electron chi connectivity index (χ1n) is 7.20. The van der Waals surface area contributed by atoms with Gasteiger partial charge in [-0.15, -0.1) is 0 Å². The number of carbonyl (C=O) groups is 1. The van der Waals surface area contributed by atoms with Crippen LogP contribution in [0.4, 0.5) is 16.2 Å². The Hall–Kier alpha value is -2.91. The van der Waals surface area contributed by atoms with Gasteiger partial charge in [-0.1, -0.05) is 11.6 Å². The lowest BCUT2D eigenvalue weighted by Crippen LogP contribution is -2.21. The number of urea groups is 1. The Morgan fingerprint density at radius 3 is 2.84 bits per heavy atom. The number of carbonyl (C=O) groups excluding carboxylic acids is 1. The second-order valence-corrected chi connectivity index (χ2v) is 5.37. The maximum absolute atomic E-state index is 12.3. The third-order valence-electron chi connectivity index (χ3n) is 3.32. The van der Waals surface area contributed by atoms with Gasteiger partial charge in [-0.25, -0.2) is 19.3 Å². The summed E-state index contributed by atoms with van der Waals surface area (Å²) in [7, 11) is 3.03. The topological polar surface area (TPSA) is 103 Å². The first kappa shape index (κ1) is 16.9. The van der Waals surface area contributed by atoms with Gasteiger partial charge in [-0.3, -0.25) is 0 Å². The van der Waals surface area contributed by atoms with Gasteiger partial charge in [0.1, 0.15) is 5.02 Å². The number of aromatic nitrogens is 4. The van der Waals surface area contributed by atoms with Crippen molar-refractivity contribution in [2.45, 2.75) is 6.61 Å². The fourth-order valence-electron chi connectivity index (χ4n) is 2.25. The molecule has 130 valence electrons. The third kappa shape index (κ3) is 3.62. The van der Waals surface area contributed by atoms with Gasteiger partial charge in [0.25, 0.3) is 0 Å². The molecule has 0 bridgehead atoms. The predicted octanol–water partition coefficient (Wildman–Crippen LogP) is 2.58. The summed E-state index contributed by atoms with van der Waals surface area (Å²) < 4.78 is 11.8. The summed E-state index contributed by atoms with van der Waals surface area (Å²) in [6, 6.07) is 1.07. The van der Waals surface area contributed by atoms with E-state index in [2.05, 4.69) is 25.7 Å². The van der Waals surface area contributed by atoms with Crippen molar-refractivity contribution in [3.8, 4) is 5.88 Å². The minimum Gasteiger partial charge on any atom is -0.480 e. The molecule has 0 saturated heterocycles. The summed E-state index contributed by atoms with van der Waals surface area (Å²) in [4.78, 5) is 20.5. The standard InChI is InChI=1S/C15H15ClN6O3/c1-24-8-10-12(7-19-22-4-3-17-13(10)22)21-15(23)20-9-5-11(16)14(25-2)18-6-9/h3-7H,8H2,1-2H3,(H2,20,21,23). The third-order valence-corrected chi connectivity index (χ3v) is 3.59. The highest BCUT2D eigenvalue weighted by atomic mass is 35.5. The van der Waals surface area contributed by atoms with Crippen LogP contribution in [0, 0.1) is 0 Å². The quantitative estimate of drug-likeness (QED) is 0.723. The smallest absolute Gasteiger partial charge is 0.323 e. The summed E-state index contributed by atoms with van der Waals surface area (Å²) in [6.07, 6.45) is 6.30. The number of nitrogens with zero attached hydrogens (tertiary/aromatic N) is 4. The molecule has 3 aromatic rings. The van der Waals surface area contributed by atoms with E-state index in [9.17, 15) is 4.79 Å². The van der Waals surface area contributed by atoms with Gasteiger partial charge in [0.05, 0.1) is 37.5 Å². The summed E-state index contributed by atoms with van der Waals surface area (Å²) in [5, 5.41) is 9.85. The zero-order valence-corrected chi connectivity index (χ0v) is 14.2. The number of imidazole rings is 1. The molecule has 3 aromatic heterocycles. The number of hydrogen-bond donors (Lipinski definition) is 2. The number of nitrogens with one attached hydrogen (secondary N) is 2. The van der Waals surface area contributed by atoms with E-state index >= 15 is 0 Å². The maximum Gasteiger partial charge on any atom is 0.323 e. The normalized spacial score (nSPS) is 10.7. The second-order valence-electron chi connectivity index (χ2n) is 4.96. The first-order valence-corrected chi connectivity index (χ1v) is 7.58. The highest BCUT2D eigenvalue weighted by Crippen LogP contribution is 2.24. The summed E-state index contributed by atoms with van der Waals surface area (Å²) in [6.45, 7) is 0.272. The molecule has 0 radical (unpaired) electrons. The molecule has 0 aliphatic carbocycles. The van der Waals surface area contributed by atoms with Gasteiger partial charge in [0.15, 0.2) is 5.65 Å². The van der Waals surface area contributed by atoms with Gasteiger partial charge in [-0.2, -0.15) is 5.10 Å². The van der Waals surface area contributed by atoms with E-state index < -0.39 is 6.03 Å². The van der Waals surface area contributed by atoms with Crippen LogP contribution in [0.25, 0.3) is 5.65 Å². The first-order chi connectivity index (χ1) is 12.1. The zero-order valence-electron chi connectivity index (χ0n) is 13.5. The minimum absolute atomic E-state index is 0.272. The zero-order chi connectivity index (χ0) is 17.8. The Morgan fingerprint density at radius 2 is 2.12 bits per heavy atom. The summed E-state index contributed by atoms with van der Waals surface area (Å²) in [5.74, 6) is 0.281. The van der Waals surface area contributed by atoms with Crippen LogP contribution in [0.1, 0.15) is 5.56 Å². The lowest BCUT2D eigenvalue weighted by molar-refractivity contribution is 0.186. The van der Waals surface area contributed by atoms with Crippen molar-refractivity contribution in [1.29, 1.82) is 0 Å². The number of halogens is 1. The molecule has 0 aliphatic rings. The van der Waals surface area contributed by atoms with Crippen LogP contribution in [0.15, 0.2) is 30.9 Å². The molecule has 3 rings (SSSR count). The predicted molar refractivity (Wildman–Crippen MR) is 92.1 cm³/mol. The number of methoxy groups -OCH3 is 2. The van der Waals surface area contributed by atoms with Crippen molar-refractivity contribution < 1.29 is 14.3 Å². The Balaban J connectivity index is 1.79. The molecule has 10 heteroatoms. The van der Waals surface area contributed by atoms with Crippen molar-refractivity contribution >= 4 is 34.7 Å². The molecule has 9 nitrogen and oxygen atoms in total. The average Bonchev–Trinajstić information content (AvgIpc) is 3.06. The molecule has 0 unspecified atom stereocenters. The Labute approximate surface area is 147 Å². The lowest BCUT2D eigenvalue weighted by Gasteiger charge is -2.12. The fourth-order valence-corrected chi connectivity index (χ4v) is 2.49. The Kier molecular flexibility index (Phi) is 4.96. The molecule has 0 aliphatic heterocycles. The molecule has 2 amide bonds. The average molecular weight is 363 g/mol. The molecule has 25 heavy (non-hydrogen) atoms. The van der Waals surface area contributed by atoms with E-state index in [1.54, 1.807) is 30.1 Å². The van der Waals surface area contributed by atoms with Gasteiger partial charge < -0.3 is 20.1 Å². The number of fused-ring (bicyclic) bond motifs is 1. The van der Waals surface area contributed by atoms with Gasteiger partial charge in [-0.05, 0) is 6.07 Å². The number of anilines is 2. The summed E-state index contributed by atoms with van der Waals surface area (Å²) in [5.41, 5.74) is 2.23. The van der Waals surface area contributed by atoms with Crippen LogP contribution in [0.2, 0.25) is 5.02 Å².